The van der Waals surface area contributed by atoms with Crippen LogP contribution in [0.4, 0.5) is 11.5 Å². The van der Waals surface area contributed by atoms with Crippen molar-refractivity contribution in [1.29, 1.82) is 0 Å². The maximum atomic E-state index is 6.05. The number of para-hydroxylation sites is 1. The second kappa shape index (κ2) is 5.63. The van der Waals surface area contributed by atoms with Gasteiger partial charge in [0.2, 0.25) is 0 Å². The van der Waals surface area contributed by atoms with Crippen molar-refractivity contribution in [2.24, 2.45) is 5.73 Å². The number of hydrogen-bond acceptors (Lipinski definition) is 3. The number of fused-ring (bicyclic) bond motifs is 1. The highest BCUT2D eigenvalue weighted by Crippen LogP contribution is 2.32. The van der Waals surface area contributed by atoms with Gasteiger partial charge in [-0.15, -0.1) is 0 Å². The lowest BCUT2D eigenvalue weighted by molar-refractivity contribution is 0.694. The zero-order valence-corrected chi connectivity index (χ0v) is 11.9. The molecule has 0 amide bonds. The molecule has 2 aromatic rings. The number of hydrogen-bond donors (Lipinski definition) is 1. The van der Waals surface area contributed by atoms with Crippen LogP contribution in [0.2, 0.25) is 0 Å². The Morgan fingerprint density at radius 1 is 1.25 bits per heavy atom. The number of anilines is 2. The highest BCUT2D eigenvalue weighted by Gasteiger charge is 2.18. The van der Waals surface area contributed by atoms with Crippen molar-refractivity contribution in [1.82, 2.24) is 4.98 Å². The van der Waals surface area contributed by atoms with Gasteiger partial charge in [0, 0.05) is 24.5 Å². The Morgan fingerprint density at radius 2 is 2.10 bits per heavy atom. The molecule has 0 radical (unpaired) electrons. The average Bonchev–Trinajstić information content (AvgIpc) is 2.54. The number of rotatable bonds is 3. The summed E-state index contributed by atoms with van der Waals surface area (Å²) in [5, 5.41) is 0. The van der Waals surface area contributed by atoms with E-state index in [1.54, 1.807) is 0 Å². The largest absolute Gasteiger partial charge is 0.326 e. The maximum absolute atomic E-state index is 6.05. The van der Waals surface area contributed by atoms with Crippen LogP contribution in [0.25, 0.3) is 0 Å². The summed E-state index contributed by atoms with van der Waals surface area (Å²) in [6, 6.07) is 12.9. The van der Waals surface area contributed by atoms with Crippen LogP contribution >= 0.6 is 0 Å². The highest BCUT2D eigenvalue weighted by atomic mass is 15.2. The molecular formula is C17H21N3. The zero-order valence-electron chi connectivity index (χ0n) is 11.9. The van der Waals surface area contributed by atoms with E-state index in [4.69, 9.17) is 5.73 Å². The molecule has 1 aromatic heterocycles. The van der Waals surface area contributed by atoms with Crippen LogP contribution in [0.5, 0.6) is 0 Å². The van der Waals surface area contributed by atoms with Gasteiger partial charge < -0.3 is 10.6 Å². The average molecular weight is 267 g/mol. The minimum absolute atomic E-state index is 0.0881. The maximum Gasteiger partial charge on any atom is 0.132 e. The monoisotopic (exact) mass is 267 g/mol. The molecule has 3 rings (SSSR count). The second-order valence-electron chi connectivity index (χ2n) is 5.35. The van der Waals surface area contributed by atoms with Gasteiger partial charge in [-0.2, -0.15) is 0 Å². The molecule has 0 fully saturated rings. The van der Waals surface area contributed by atoms with Crippen molar-refractivity contribution >= 4 is 11.5 Å². The molecular weight excluding hydrogens is 246 g/mol. The van der Waals surface area contributed by atoms with Crippen LogP contribution < -0.4 is 10.6 Å². The Kier molecular flexibility index (Phi) is 3.70. The molecule has 3 heteroatoms. The van der Waals surface area contributed by atoms with Crippen molar-refractivity contribution in [3.63, 3.8) is 0 Å². The van der Waals surface area contributed by atoms with E-state index in [1.807, 2.05) is 6.20 Å². The molecule has 2 heterocycles. The Labute approximate surface area is 120 Å². The van der Waals surface area contributed by atoms with E-state index in [9.17, 15) is 0 Å². The van der Waals surface area contributed by atoms with Crippen LogP contribution in [0.1, 0.15) is 36.9 Å². The van der Waals surface area contributed by atoms with Gasteiger partial charge in [-0.1, -0.05) is 31.2 Å². The molecule has 0 unspecified atom stereocenters. The first-order valence-corrected chi connectivity index (χ1v) is 7.36. The predicted molar refractivity (Wildman–Crippen MR) is 83.2 cm³/mol. The molecule has 1 aliphatic rings. The fraction of sp³-hybridized carbons (Fsp3) is 0.353. The third-order valence-corrected chi connectivity index (χ3v) is 4.03. The number of nitrogens with zero attached hydrogens (tertiary/aromatic N) is 2. The lowest BCUT2D eigenvalue weighted by Crippen LogP contribution is -2.25. The number of aryl methyl sites for hydroxylation is 1. The van der Waals surface area contributed by atoms with Crippen molar-refractivity contribution in [2.75, 3.05) is 11.4 Å². The highest BCUT2D eigenvalue weighted by molar-refractivity contribution is 5.65. The molecule has 1 aliphatic heterocycles. The van der Waals surface area contributed by atoms with E-state index in [-0.39, 0.29) is 6.04 Å². The van der Waals surface area contributed by atoms with E-state index in [0.717, 1.165) is 30.8 Å². The smallest absolute Gasteiger partial charge is 0.132 e. The van der Waals surface area contributed by atoms with E-state index in [0.29, 0.717) is 0 Å². The van der Waals surface area contributed by atoms with Gasteiger partial charge >= 0.3 is 0 Å². The van der Waals surface area contributed by atoms with Gasteiger partial charge in [0.25, 0.3) is 0 Å². The Bertz CT molecular complexity index is 577. The van der Waals surface area contributed by atoms with Crippen molar-refractivity contribution in [3.8, 4) is 0 Å². The lowest BCUT2D eigenvalue weighted by Gasteiger charge is -2.30. The Hall–Kier alpha value is -1.87. The van der Waals surface area contributed by atoms with E-state index >= 15 is 0 Å². The minimum atomic E-state index is 0.0881. The summed E-state index contributed by atoms with van der Waals surface area (Å²) in [4.78, 5) is 6.92. The normalized spacial score (nSPS) is 15.8. The van der Waals surface area contributed by atoms with Crippen molar-refractivity contribution < 1.29 is 0 Å². The summed E-state index contributed by atoms with van der Waals surface area (Å²) in [5.41, 5.74) is 9.86. The van der Waals surface area contributed by atoms with Crippen LogP contribution in [0, 0.1) is 0 Å². The predicted octanol–water partition coefficient (Wildman–Crippen LogP) is 3.58. The molecule has 0 spiro atoms. The molecule has 2 N–H and O–H groups in total. The molecule has 3 nitrogen and oxygen atoms in total. The third kappa shape index (κ3) is 2.41. The standard InChI is InChI=1S/C17H21N3/c1-2-15(18)14-9-10-17(19-12-14)20-11-5-7-13-6-3-4-8-16(13)20/h3-4,6,8-10,12,15H,2,5,7,11,18H2,1H3/t15-/m1/s1. The van der Waals surface area contributed by atoms with E-state index < -0.39 is 0 Å². The fourth-order valence-electron chi connectivity index (χ4n) is 2.78. The van der Waals surface area contributed by atoms with Gasteiger partial charge in [0.15, 0.2) is 0 Å². The van der Waals surface area contributed by atoms with Gasteiger partial charge in [-0.3, -0.25) is 0 Å². The number of benzene rings is 1. The van der Waals surface area contributed by atoms with Crippen LogP contribution in [0.3, 0.4) is 0 Å². The molecule has 1 atom stereocenters. The topological polar surface area (TPSA) is 42.1 Å². The van der Waals surface area contributed by atoms with Crippen LogP contribution in [-0.2, 0) is 6.42 Å². The molecule has 0 saturated heterocycles. The molecule has 20 heavy (non-hydrogen) atoms. The first-order chi connectivity index (χ1) is 9.79. The molecule has 0 saturated carbocycles. The fourth-order valence-corrected chi connectivity index (χ4v) is 2.78. The zero-order chi connectivity index (χ0) is 13.9. The quantitative estimate of drug-likeness (QED) is 0.924. The number of aromatic nitrogens is 1. The minimum Gasteiger partial charge on any atom is -0.326 e. The number of nitrogens with two attached hydrogens (primary N) is 1. The second-order valence-corrected chi connectivity index (χ2v) is 5.35. The van der Waals surface area contributed by atoms with Gasteiger partial charge in [-0.25, -0.2) is 4.98 Å². The first kappa shape index (κ1) is 13.1. The van der Waals surface area contributed by atoms with Crippen LogP contribution in [0.15, 0.2) is 42.6 Å². The Morgan fingerprint density at radius 3 is 2.85 bits per heavy atom. The molecule has 0 bridgehead atoms. The summed E-state index contributed by atoms with van der Waals surface area (Å²) in [5.74, 6) is 1.02. The third-order valence-electron chi connectivity index (χ3n) is 4.03. The SMILES string of the molecule is CC[C@@H](N)c1ccc(N2CCCc3ccccc32)nc1. The Balaban J connectivity index is 1.91. The summed E-state index contributed by atoms with van der Waals surface area (Å²) >= 11 is 0. The van der Waals surface area contributed by atoms with Crippen molar-refractivity contribution in [3.05, 3.63) is 53.7 Å². The summed E-state index contributed by atoms with van der Waals surface area (Å²) in [6.45, 7) is 3.13. The lowest BCUT2D eigenvalue weighted by atomic mass is 10.0. The number of pyridine rings is 1. The first-order valence-electron chi connectivity index (χ1n) is 7.36. The molecule has 1 aromatic carbocycles. The van der Waals surface area contributed by atoms with Gasteiger partial charge in [0.1, 0.15) is 5.82 Å². The van der Waals surface area contributed by atoms with Gasteiger partial charge in [-0.05, 0) is 42.5 Å². The van der Waals surface area contributed by atoms with E-state index in [2.05, 4.69) is 53.2 Å². The van der Waals surface area contributed by atoms with E-state index in [1.165, 1.54) is 17.7 Å². The van der Waals surface area contributed by atoms with Crippen molar-refractivity contribution in [2.45, 2.75) is 32.2 Å². The summed E-state index contributed by atoms with van der Waals surface area (Å²) in [6.07, 6.45) is 5.19. The summed E-state index contributed by atoms with van der Waals surface area (Å²) in [7, 11) is 0. The molecule has 0 aliphatic carbocycles. The van der Waals surface area contributed by atoms with Gasteiger partial charge in [0.05, 0.1) is 0 Å². The molecule has 104 valence electrons. The van der Waals surface area contributed by atoms with Crippen LogP contribution in [-0.4, -0.2) is 11.5 Å². The summed E-state index contributed by atoms with van der Waals surface area (Å²) < 4.78 is 0.